The van der Waals surface area contributed by atoms with Gasteiger partial charge in [-0.1, -0.05) is 12.5 Å². The third-order valence-electron chi connectivity index (χ3n) is 4.11. The van der Waals surface area contributed by atoms with Crippen molar-refractivity contribution in [3.05, 3.63) is 23.8 Å². The number of benzene rings is 1. The van der Waals surface area contributed by atoms with E-state index in [-0.39, 0.29) is 5.75 Å². The Bertz CT molecular complexity index is 400. The summed E-state index contributed by atoms with van der Waals surface area (Å²) in [4.78, 5) is 2.60. The zero-order valence-corrected chi connectivity index (χ0v) is 12.1. The smallest absolute Gasteiger partial charge is 0.160 e. The van der Waals surface area contributed by atoms with Gasteiger partial charge in [0.05, 0.1) is 7.11 Å². The highest BCUT2D eigenvalue weighted by Crippen LogP contribution is 2.27. The molecule has 106 valence electrons. The SMILES string of the molecule is COc1cc(CCC(C)N2CCCCC2)ccc1O. The summed E-state index contributed by atoms with van der Waals surface area (Å²) in [6, 6.07) is 6.29. The molecular weight excluding hydrogens is 238 g/mol. The fourth-order valence-electron chi connectivity index (χ4n) is 2.79. The van der Waals surface area contributed by atoms with E-state index >= 15 is 0 Å². The van der Waals surface area contributed by atoms with Crippen LogP contribution < -0.4 is 4.74 Å². The minimum atomic E-state index is 0.218. The maximum Gasteiger partial charge on any atom is 0.160 e. The van der Waals surface area contributed by atoms with Gasteiger partial charge in [0.15, 0.2) is 11.5 Å². The Hall–Kier alpha value is -1.22. The predicted molar refractivity (Wildman–Crippen MR) is 77.9 cm³/mol. The lowest BCUT2D eigenvalue weighted by Gasteiger charge is -2.32. The van der Waals surface area contributed by atoms with Gasteiger partial charge in [-0.05, 0) is 63.4 Å². The van der Waals surface area contributed by atoms with Crippen LogP contribution >= 0.6 is 0 Å². The van der Waals surface area contributed by atoms with Gasteiger partial charge in [0.25, 0.3) is 0 Å². The van der Waals surface area contributed by atoms with Crippen LogP contribution in [-0.2, 0) is 6.42 Å². The van der Waals surface area contributed by atoms with E-state index in [1.54, 1.807) is 13.2 Å². The van der Waals surface area contributed by atoms with Gasteiger partial charge in [-0.25, -0.2) is 0 Å². The van der Waals surface area contributed by atoms with Gasteiger partial charge in [-0.15, -0.1) is 0 Å². The number of hydrogen-bond acceptors (Lipinski definition) is 3. The third kappa shape index (κ3) is 3.87. The summed E-state index contributed by atoms with van der Waals surface area (Å²) < 4.78 is 5.15. The average molecular weight is 263 g/mol. The van der Waals surface area contributed by atoms with E-state index in [2.05, 4.69) is 11.8 Å². The first-order valence-electron chi connectivity index (χ1n) is 7.30. The molecule has 0 amide bonds. The molecule has 3 heteroatoms. The second-order valence-electron chi connectivity index (χ2n) is 5.49. The molecule has 1 heterocycles. The van der Waals surface area contributed by atoms with Crippen LogP contribution in [0, 0.1) is 0 Å². The number of rotatable bonds is 5. The summed E-state index contributed by atoms with van der Waals surface area (Å²) in [6.07, 6.45) is 6.27. The summed E-state index contributed by atoms with van der Waals surface area (Å²) in [5.74, 6) is 0.790. The number of aryl methyl sites for hydroxylation is 1. The first kappa shape index (κ1) is 14.2. The number of nitrogens with zero attached hydrogens (tertiary/aromatic N) is 1. The van der Waals surface area contributed by atoms with Gasteiger partial charge >= 0.3 is 0 Å². The summed E-state index contributed by atoms with van der Waals surface area (Å²) in [5.41, 5.74) is 1.23. The molecule has 0 bridgehead atoms. The maximum absolute atomic E-state index is 9.58. The topological polar surface area (TPSA) is 32.7 Å². The number of likely N-dealkylation sites (tertiary alicyclic amines) is 1. The largest absolute Gasteiger partial charge is 0.504 e. The first-order valence-corrected chi connectivity index (χ1v) is 7.30. The Kier molecular flexibility index (Phi) is 5.08. The van der Waals surface area contributed by atoms with Crippen molar-refractivity contribution in [1.29, 1.82) is 0 Å². The van der Waals surface area contributed by atoms with E-state index in [0.717, 1.165) is 12.8 Å². The molecule has 1 aromatic carbocycles. The predicted octanol–water partition coefficient (Wildman–Crippen LogP) is 3.21. The summed E-state index contributed by atoms with van der Waals surface area (Å²) in [6.45, 7) is 4.82. The van der Waals surface area contributed by atoms with E-state index in [4.69, 9.17) is 4.74 Å². The van der Waals surface area contributed by atoms with Crippen molar-refractivity contribution in [1.82, 2.24) is 4.90 Å². The number of ether oxygens (including phenoxy) is 1. The molecule has 1 fully saturated rings. The van der Waals surface area contributed by atoms with Crippen molar-refractivity contribution in [2.45, 2.75) is 45.1 Å². The normalized spacial score (nSPS) is 18.2. The summed E-state index contributed by atoms with van der Waals surface area (Å²) in [7, 11) is 1.59. The average Bonchev–Trinajstić information content (AvgIpc) is 2.47. The molecule has 2 rings (SSSR count). The van der Waals surface area contributed by atoms with Crippen molar-refractivity contribution >= 4 is 0 Å². The number of hydrogen-bond donors (Lipinski definition) is 1. The van der Waals surface area contributed by atoms with Crippen molar-refractivity contribution in [2.24, 2.45) is 0 Å². The molecule has 0 radical (unpaired) electrons. The Labute approximate surface area is 116 Å². The Balaban J connectivity index is 1.87. The van der Waals surface area contributed by atoms with Gasteiger partial charge in [0.2, 0.25) is 0 Å². The van der Waals surface area contributed by atoms with Crippen LogP contribution in [0.5, 0.6) is 11.5 Å². The van der Waals surface area contributed by atoms with Crippen LogP contribution in [-0.4, -0.2) is 36.2 Å². The van der Waals surface area contributed by atoms with Crippen molar-refractivity contribution in [2.75, 3.05) is 20.2 Å². The third-order valence-corrected chi connectivity index (χ3v) is 4.11. The second kappa shape index (κ2) is 6.80. The van der Waals surface area contributed by atoms with E-state index < -0.39 is 0 Å². The lowest BCUT2D eigenvalue weighted by Crippen LogP contribution is -2.37. The second-order valence-corrected chi connectivity index (χ2v) is 5.49. The molecule has 0 saturated carbocycles. The molecule has 0 spiro atoms. The number of aromatic hydroxyl groups is 1. The minimum absolute atomic E-state index is 0.218. The van der Waals surface area contributed by atoms with Gasteiger partial charge in [-0.2, -0.15) is 0 Å². The highest BCUT2D eigenvalue weighted by Gasteiger charge is 2.16. The zero-order chi connectivity index (χ0) is 13.7. The summed E-state index contributed by atoms with van der Waals surface area (Å²) in [5, 5.41) is 9.58. The molecular formula is C16H25NO2. The van der Waals surface area contributed by atoms with Crippen LogP contribution in [0.4, 0.5) is 0 Å². The Morgan fingerprint density at radius 1 is 1.26 bits per heavy atom. The highest BCUT2D eigenvalue weighted by atomic mass is 16.5. The molecule has 0 aromatic heterocycles. The van der Waals surface area contributed by atoms with Gasteiger partial charge in [0, 0.05) is 6.04 Å². The molecule has 0 aliphatic carbocycles. The number of methoxy groups -OCH3 is 1. The van der Waals surface area contributed by atoms with Crippen molar-refractivity contribution in [3.8, 4) is 11.5 Å². The van der Waals surface area contributed by atoms with E-state index in [1.165, 1.54) is 37.9 Å². The summed E-state index contributed by atoms with van der Waals surface area (Å²) >= 11 is 0. The zero-order valence-electron chi connectivity index (χ0n) is 12.1. The molecule has 1 saturated heterocycles. The molecule has 3 nitrogen and oxygen atoms in total. The quantitative estimate of drug-likeness (QED) is 0.885. The van der Waals surface area contributed by atoms with Crippen LogP contribution in [0.3, 0.4) is 0 Å². The molecule has 1 aromatic rings. The number of piperidine rings is 1. The van der Waals surface area contributed by atoms with Gasteiger partial charge in [0.1, 0.15) is 0 Å². The monoisotopic (exact) mass is 263 g/mol. The van der Waals surface area contributed by atoms with Gasteiger partial charge in [-0.3, -0.25) is 0 Å². The molecule has 1 atom stereocenters. The Morgan fingerprint density at radius 2 is 2.00 bits per heavy atom. The first-order chi connectivity index (χ1) is 9.20. The number of phenolic OH excluding ortho intramolecular Hbond substituents is 1. The molecule has 1 aliphatic rings. The minimum Gasteiger partial charge on any atom is -0.504 e. The molecule has 1 unspecified atom stereocenters. The van der Waals surface area contributed by atoms with Crippen molar-refractivity contribution < 1.29 is 9.84 Å². The maximum atomic E-state index is 9.58. The van der Waals surface area contributed by atoms with Crippen LogP contribution in [0.2, 0.25) is 0 Å². The van der Waals surface area contributed by atoms with Gasteiger partial charge < -0.3 is 14.7 Å². The fraction of sp³-hybridized carbons (Fsp3) is 0.625. The number of phenols is 1. The molecule has 19 heavy (non-hydrogen) atoms. The van der Waals surface area contributed by atoms with Crippen LogP contribution in [0.1, 0.15) is 38.2 Å². The standard InChI is InChI=1S/C16H25NO2/c1-13(17-10-4-3-5-11-17)6-7-14-8-9-15(18)16(12-14)19-2/h8-9,12-13,18H,3-7,10-11H2,1-2H3. The van der Waals surface area contributed by atoms with Crippen LogP contribution in [0.15, 0.2) is 18.2 Å². The van der Waals surface area contributed by atoms with E-state index in [0.29, 0.717) is 11.8 Å². The Morgan fingerprint density at radius 3 is 2.68 bits per heavy atom. The highest BCUT2D eigenvalue weighted by molar-refractivity contribution is 5.41. The van der Waals surface area contributed by atoms with Crippen molar-refractivity contribution in [3.63, 3.8) is 0 Å². The molecule has 1 N–H and O–H groups in total. The lowest BCUT2D eigenvalue weighted by molar-refractivity contribution is 0.166. The van der Waals surface area contributed by atoms with Crippen LogP contribution in [0.25, 0.3) is 0 Å². The fourth-order valence-corrected chi connectivity index (χ4v) is 2.79. The lowest BCUT2D eigenvalue weighted by atomic mass is 10.0. The van der Waals surface area contributed by atoms with E-state index in [1.807, 2.05) is 12.1 Å². The molecule has 1 aliphatic heterocycles. The van der Waals surface area contributed by atoms with E-state index in [9.17, 15) is 5.11 Å².